The maximum atomic E-state index is 15.1. The number of ether oxygens (including phenoxy) is 1. The summed E-state index contributed by atoms with van der Waals surface area (Å²) in [6.07, 6.45) is 7.02. The zero-order chi connectivity index (χ0) is 32.4. The van der Waals surface area contributed by atoms with Gasteiger partial charge in [0.15, 0.2) is 11.6 Å². The Morgan fingerprint density at radius 1 is 0.915 bits per heavy atom. The fourth-order valence-electron chi connectivity index (χ4n) is 9.20. The second-order valence-corrected chi connectivity index (χ2v) is 13.4. The highest BCUT2D eigenvalue weighted by molar-refractivity contribution is 6.31. The number of phenolic OH excluding ortho intramolecular Hbond substituents is 1. The van der Waals surface area contributed by atoms with Crippen LogP contribution in [0.4, 0.5) is 0 Å². The minimum atomic E-state index is -1.30. The van der Waals surface area contributed by atoms with Crippen LogP contribution in [0.3, 0.4) is 0 Å². The van der Waals surface area contributed by atoms with E-state index in [-0.39, 0.29) is 35.6 Å². The predicted molar refractivity (Wildman–Crippen MR) is 175 cm³/mol. The molecule has 6 unspecified atom stereocenters. The van der Waals surface area contributed by atoms with Gasteiger partial charge in [-0.2, -0.15) is 0 Å². The summed E-state index contributed by atoms with van der Waals surface area (Å²) >= 11 is 0. The third kappa shape index (κ3) is 4.25. The van der Waals surface area contributed by atoms with Gasteiger partial charge in [-0.3, -0.25) is 24.1 Å². The highest BCUT2D eigenvalue weighted by Gasteiger charge is 2.66. The van der Waals surface area contributed by atoms with E-state index in [9.17, 15) is 19.5 Å². The molecule has 0 radical (unpaired) electrons. The van der Waals surface area contributed by atoms with Gasteiger partial charge in [-0.25, -0.2) is 0 Å². The topological polar surface area (TPSA) is 101 Å². The largest absolute Gasteiger partial charge is 0.508 e. The minimum Gasteiger partial charge on any atom is -0.508 e. The van der Waals surface area contributed by atoms with Gasteiger partial charge >= 0.3 is 0 Å². The van der Waals surface area contributed by atoms with E-state index < -0.39 is 35.0 Å². The summed E-state index contributed by atoms with van der Waals surface area (Å²) < 4.78 is 6.17. The van der Waals surface area contributed by atoms with E-state index in [4.69, 9.17) is 4.74 Å². The average Bonchev–Trinajstić information content (AvgIpc) is 3.34. The molecule has 47 heavy (non-hydrogen) atoms. The number of ketones is 2. The Balaban J connectivity index is 1.36. The number of Topliss-reactive ketones (excluding diaryl/α,β-unsaturated/α-hetero) is 1. The number of rotatable bonds is 5. The fraction of sp³-hybridized carbons (Fsp3) is 0.300. The maximum Gasteiger partial charge on any atom is 0.233 e. The van der Waals surface area contributed by atoms with Crippen LogP contribution >= 0.6 is 0 Å². The van der Waals surface area contributed by atoms with Crippen LogP contribution in [0.2, 0.25) is 0 Å². The molecule has 3 aliphatic carbocycles. The number of carbonyl (C=O) groups excluding carboxylic acids is 4. The Labute approximate surface area is 273 Å². The van der Waals surface area contributed by atoms with Crippen LogP contribution in [0, 0.1) is 29.6 Å². The van der Waals surface area contributed by atoms with E-state index in [2.05, 4.69) is 6.08 Å². The molecule has 236 valence electrons. The first kappa shape index (κ1) is 29.4. The molecule has 7 nitrogen and oxygen atoms in total. The van der Waals surface area contributed by atoms with Gasteiger partial charge in [0, 0.05) is 35.9 Å². The highest BCUT2D eigenvalue weighted by atomic mass is 16.5. The van der Waals surface area contributed by atoms with Crippen LogP contribution in [0.1, 0.15) is 42.9 Å². The molecule has 7 heteroatoms. The number of carbonyl (C=O) groups is 4. The van der Waals surface area contributed by atoms with Gasteiger partial charge in [0.05, 0.1) is 23.5 Å². The molecule has 1 N–H and O–H groups in total. The highest BCUT2D eigenvalue weighted by Crippen LogP contribution is 2.63. The number of nitrogens with zero attached hydrogens (tertiary/aromatic N) is 1. The van der Waals surface area contributed by atoms with Crippen molar-refractivity contribution in [3.8, 4) is 11.5 Å². The van der Waals surface area contributed by atoms with Gasteiger partial charge in [0.1, 0.15) is 11.5 Å². The van der Waals surface area contributed by atoms with Crippen molar-refractivity contribution < 1.29 is 29.0 Å². The standard InChI is InChI=1S/C40H35NO6/c1-2-17-41-38(45)29-15-14-28-31(35(29)39(41)46)20-32-37(44)30(23-9-5-3-6-10-23)21-34(43)40(32,26-11-7-4-8-12-26)36(28)25-18-24-19-27(42)13-16-33(24)47-22-25/h3-14,16,19,21-22,29,31-32,35-36,42H,2,15,17-18,20H2,1H3. The Kier molecular flexibility index (Phi) is 6.90. The first-order valence-electron chi connectivity index (χ1n) is 16.5. The predicted octanol–water partition coefficient (Wildman–Crippen LogP) is 5.98. The van der Waals surface area contributed by atoms with E-state index in [0.717, 1.165) is 22.3 Å². The molecule has 6 atom stereocenters. The molecule has 2 fully saturated rings. The molecule has 0 bridgehead atoms. The molecule has 2 aliphatic heterocycles. The van der Waals surface area contributed by atoms with E-state index in [0.29, 0.717) is 42.7 Å². The van der Waals surface area contributed by atoms with Crippen molar-refractivity contribution in [2.75, 3.05) is 6.54 Å². The number of benzene rings is 3. The molecule has 3 aromatic rings. The van der Waals surface area contributed by atoms with E-state index in [1.165, 1.54) is 11.0 Å². The smallest absolute Gasteiger partial charge is 0.233 e. The lowest BCUT2D eigenvalue weighted by Gasteiger charge is -2.56. The summed E-state index contributed by atoms with van der Waals surface area (Å²) in [5, 5.41) is 10.4. The van der Waals surface area contributed by atoms with Crippen molar-refractivity contribution in [3.63, 3.8) is 0 Å². The number of fused-ring (bicyclic) bond motifs is 5. The van der Waals surface area contributed by atoms with Crippen molar-refractivity contribution >= 4 is 29.0 Å². The van der Waals surface area contributed by atoms with Crippen molar-refractivity contribution in [3.05, 3.63) is 125 Å². The molecule has 0 aromatic heterocycles. The van der Waals surface area contributed by atoms with E-state index in [1.54, 1.807) is 24.5 Å². The Morgan fingerprint density at radius 2 is 1.66 bits per heavy atom. The number of amides is 2. The first-order valence-corrected chi connectivity index (χ1v) is 16.5. The Bertz CT molecular complexity index is 1920. The SMILES string of the molecule is CCCN1C(=O)C2CC=C3C(CC4C(=O)C(c5ccccc5)=CC(=O)C4(c4ccccc4)C3C3=COc4ccc(O)cc4C3)C2C1=O. The van der Waals surface area contributed by atoms with Crippen LogP contribution in [-0.2, 0) is 31.0 Å². The molecule has 1 saturated carbocycles. The second kappa shape index (κ2) is 11.0. The summed E-state index contributed by atoms with van der Waals surface area (Å²) in [6, 6.07) is 23.8. The van der Waals surface area contributed by atoms with Gasteiger partial charge < -0.3 is 9.84 Å². The summed E-state index contributed by atoms with van der Waals surface area (Å²) in [4.78, 5) is 59.1. The third-order valence-corrected chi connectivity index (χ3v) is 11.1. The minimum absolute atomic E-state index is 0.107. The molecule has 8 rings (SSSR count). The lowest BCUT2D eigenvalue weighted by atomic mass is 9.44. The number of aromatic hydroxyl groups is 1. The zero-order valence-corrected chi connectivity index (χ0v) is 26.1. The van der Waals surface area contributed by atoms with Crippen LogP contribution < -0.4 is 4.74 Å². The van der Waals surface area contributed by atoms with Gasteiger partial charge in [0.25, 0.3) is 0 Å². The number of phenols is 1. The number of likely N-dealkylation sites (tertiary alicyclic amines) is 1. The Hall–Kier alpha value is -5.04. The Morgan fingerprint density at radius 3 is 2.40 bits per heavy atom. The third-order valence-electron chi connectivity index (χ3n) is 11.1. The number of hydrogen-bond acceptors (Lipinski definition) is 6. The number of hydrogen-bond donors (Lipinski definition) is 1. The molecular formula is C40H35NO6. The lowest BCUT2D eigenvalue weighted by Crippen LogP contribution is -2.60. The normalized spacial score (nSPS) is 29.5. The maximum absolute atomic E-state index is 15.1. The van der Waals surface area contributed by atoms with Crippen molar-refractivity contribution in [2.45, 2.75) is 38.0 Å². The summed E-state index contributed by atoms with van der Waals surface area (Å²) in [5.74, 6) is -2.79. The number of allylic oxidation sites excluding steroid dienone is 5. The summed E-state index contributed by atoms with van der Waals surface area (Å²) in [5.41, 5.74) is 2.98. The molecule has 3 aromatic carbocycles. The van der Waals surface area contributed by atoms with Crippen molar-refractivity contribution in [1.29, 1.82) is 0 Å². The molecule has 1 saturated heterocycles. The van der Waals surface area contributed by atoms with E-state index in [1.807, 2.05) is 67.6 Å². The second-order valence-electron chi connectivity index (χ2n) is 13.4. The van der Waals surface area contributed by atoms with Gasteiger partial charge in [-0.05, 0) is 66.2 Å². The monoisotopic (exact) mass is 625 g/mol. The fourth-order valence-corrected chi connectivity index (χ4v) is 9.20. The quantitative estimate of drug-likeness (QED) is 0.277. The summed E-state index contributed by atoms with van der Waals surface area (Å²) in [6.45, 7) is 2.32. The van der Waals surface area contributed by atoms with Gasteiger partial charge in [-0.15, -0.1) is 0 Å². The molecule has 2 amide bonds. The number of imide groups is 1. The first-order chi connectivity index (χ1) is 22.8. The van der Waals surface area contributed by atoms with Crippen LogP contribution in [-0.4, -0.2) is 39.9 Å². The van der Waals surface area contributed by atoms with Gasteiger partial charge in [-0.1, -0.05) is 79.2 Å². The zero-order valence-electron chi connectivity index (χ0n) is 26.1. The van der Waals surface area contributed by atoms with Gasteiger partial charge in [0.2, 0.25) is 11.8 Å². The van der Waals surface area contributed by atoms with E-state index >= 15 is 4.79 Å². The lowest BCUT2D eigenvalue weighted by molar-refractivity contribution is -0.140. The average molecular weight is 626 g/mol. The molecule has 2 heterocycles. The van der Waals surface area contributed by atoms with Crippen molar-refractivity contribution in [1.82, 2.24) is 4.90 Å². The summed E-state index contributed by atoms with van der Waals surface area (Å²) in [7, 11) is 0. The molecule has 5 aliphatic rings. The molecular weight excluding hydrogens is 590 g/mol. The van der Waals surface area contributed by atoms with Crippen LogP contribution in [0.25, 0.3) is 5.57 Å². The van der Waals surface area contributed by atoms with Crippen molar-refractivity contribution in [2.24, 2.45) is 29.6 Å². The van der Waals surface area contributed by atoms with Crippen LogP contribution in [0.5, 0.6) is 11.5 Å². The van der Waals surface area contributed by atoms with Crippen LogP contribution in [0.15, 0.2) is 108 Å². The molecule has 0 spiro atoms.